The van der Waals surface area contributed by atoms with E-state index in [0.717, 1.165) is 0 Å². The zero-order valence-electron chi connectivity index (χ0n) is 29.9. The Kier molecular flexibility index (Phi) is 6.98. The lowest BCUT2D eigenvalue weighted by Gasteiger charge is -2.41. The summed E-state index contributed by atoms with van der Waals surface area (Å²) in [6.07, 6.45) is 2.30. The fourth-order valence-electron chi connectivity index (χ4n) is 9.17. The first-order valence-corrected chi connectivity index (χ1v) is 18.8. The molecule has 11 rings (SSSR count). The van der Waals surface area contributed by atoms with Gasteiger partial charge in [-0.1, -0.05) is 152 Å². The molecule has 2 heterocycles. The maximum Gasteiger partial charge on any atom is 0.107 e. The zero-order valence-corrected chi connectivity index (χ0v) is 29.9. The van der Waals surface area contributed by atoms with Crippen molar-refractivity contribution in [3.8, 4) is 5.69 Å². The molecular weight excluding hydrogens is 655 g/mol. The summed E-state index contributed by atoms with van der Waals surface area (Å²) < 4.78 is 2.47. The van der Waals surface area contributed by atoms with E-state index in [9.17, 15) is 0 Å². The lowest BCUT2D eigenvalue weighted by Crippen LogP contribution is -2.41. The minimum Gasteiger partial charge on any atom is -0.355 e. The number of benzene rings is 9. The molecule has 0 spiro atoms. The van der Waals surface area contributed by atoms with E-state index in [1.165, 1.54) is 93.0 Å². The molecule has 1 aliphatic heterocycles. The molecule has 0 saturated heterocycles. The van der Waals surface area contributed by atoms with Crippen molar-refractivity contribution in [2.45, 2.75) is 12.2 Å². The summed E-state index contributed by atoms with van der Waals surface area (Å²) in [4.78, 5) is 2.44. The van der Waals surface area contributed by atoms with E-state index in [1.807, 2.05) is 0 Å². The molecule has 0 saturated carbocycles. The lowest BCUT2D eigenvalue weighted by atomic mass is 9.88. The van der Waals surface area contributed by atoms with Crippen LogP contribution < -0.4 is 5.32 Å². The van der Waals surface area contributed by atoms with E-state index < -0.39 is 0 Å². The van der Waals surface area contributed by atoms with E-state index in [4.69, 9.17) is 0 Å². The molecule has 1 N–H and O–H groups in total. The van der Waals surface area contributed by atoms with Gasteiger partial charge in [0, 0.05) is 40.0 Å². The normalized spacial score (nSPS) is 16.2. The Hall–Kier alpha value is -6.68. The topological polar surface area (TPSA) is 20.2 Å². The van der Waals surface area contributed by atoms with E-state index in [0.29, 0.717) is 0 Å². The molecule has 3 heteroatoms. The highest BCUT2D eigenvalue weighted by molar-refractivity contribution is 6.37. The van der Waals surface area contributed by atoms with Crippen LogP contribution in [0.2, 0.25) is 0 Å². The fraction of sp³-hybridized carbons (Fsp3) is 0.0588. The van der Waals surface area contributed by atoms with Gasteiger partial charge in [-0.3, -0.25) is 5.32 Å². The van der Waals surface area contributed by atoms with Crippen LogP contribution in [0.25, 0.3) is 76.3 Å². The molecule has 3 nitrogen and oxygen atoms in total. The monoisotopic (exact) mass is 691 g/mol. The first-order chi connectivity index (χ1) is 26.7. The summed E-state index contributed by atoms with van der Waals surface area (Å²) in [6, 6.07) is 66.7. The number of fused-ring (bicyclic) bond motifs is 11. The minimum absolute atomic E-state index is 0.0198. The van der Waals surface area contributed by atoms with Gasteiger partial charge in [0.25, 0.3) is 0 Å². The van der Waals surface area contributed by atoms with Crippen LogP contribution >= 0.6 is 0 Å². The molecule has 0 bridgehead atoms. The Morgan fingerprint density at radius 2 is 1.11 bits per heavy atom. The van der Waals surface area contributed by atoms with E-state index in [-0.39, 0.29) is 12.2 Å². The third-order valence-electron chi connectivity index (χ3n) is 11.6. The lowest BCUT2D eigenvalue weighted by molar-refractivity contribution is 0.265. The first-order valence-electron chi connectivity index (χ1n) is 18.8. The molecule has 1 aromatic heterocycles. The van der Waals surface area contributed by atoms with Crippen LogP contribution in [-0.2, 0) is 0 Å². The van der Waals surface area contributed by atoms with Gasteiger partial charge in [-0.15, -0.1) is 0 Å². The quantitative estimate of drug-likeness (QED) is 0.185. The number of nitrogens with zero attached hydrogens (tertiary/aromatic N) is 2. The maximum atomic E-state index is 4.12. The number of aromatic nitrogens is 1. The minimum atomic E-state index is -0.101. The Labute approximate surface area is 314 Å². The van der Waals surface area contributed by atoms with Gasteiger partial charge in [0.05, 0.1) is 17.1 Å². The summed E-state index contributed by atoms with van der Waals surface area (Å²) in [5, 5.41) is 16.8. The van der Waals surface area contributed by atoms with Crippen LogP contribution in [0.1, 0.15) is 28.9 Å². The number of rotatable bonds is 4. The Morgan fingerprint density at radius 3 is 1.91 bits per heavy atom. The van der Waals surface area contributed by atoms with Crippen molar-refractivity contribution in [3.63, 3.8) is 0 Å². The summed E-state index contributed by atoms with van der Waals surface area (Å²) in [5.41, 5.74) is 8.59. The Balaban J connectivity index is 1.22. The van der Waals surface area contributed by atoms with Gasteiger partial charge in [0.15, 0.2) is 0 Å². The summed E-state index contributed by atoms with van der Waals surface area (Å²) in [5.74, 6) is 0. The van der Waals surface area contributed by atoms with Crippen molar-refractivity contribution in [1.29, 1.82) is 0 Å². The van der Waals surface area contributed by atoms with E-state index in [2.05, 4.69) is 210 Å². The molecule has 0 fully saturated rings. The molecule has 54 heavy (non-hydrogen) atoms. The average molecular weight is 692 g/mol. The van der Waals surface area contributed by atoms with Crippen molar-refractivity contribution < 1.29 is 0 Å². The predicted molar refractivity (Wildman–Crippen MR) is 228 cm³/mol. The molecule has 256 valence electrons. The number of para-hydroxylation sites is 2. The van der Waals surface area contributed by atoms with Gasteiger partial charge in [-0.05, 0) is 85.4 Å². The molecule has 0 amide bonds. The van der Waals surface area contributed by atoms with E-state index in [1.54, 1.807) is 0 Å². The van der Waals surface area contributed by atoms with Gasteiger partial charge < -0.3 is 9.47 Å². The molecule has 10 aromatic rings. The third kappa shape index (κ3) is 4.65. The molecule has 9 aromatic carbocycles. The predicted octanol–water partition coefficient (Wildman–Crippen LogP) is 12.7. The molecule has 2 atom stereocenters. The SMILES string of the molecule is CN1C(c2ccc3ccccc3c2)=CC(c2ccccc2)NC1c1cc2c3ccccc3c3c(c4ccccc4n3-c3ccccc3)c2c2ccccc12. The van der Waals surface area contributed by atoms with Crippen LogP contribution in [-0.4, -0.2) is 16.5 Å². The van der Waals surface area contributed by atoms with Crippen LogP contribution in [0.4, 0.5) is 0 Å². The van der Waals surface area contributed by atoms with Gasteiger partial charge in [-0.2, -0.15) is 0 Å². The second kappa shape index (κ2) is 12.2. The fourth-order valence-corrected chi connectivity index (χ4v) is 9.17. The van der Waals surface area contributed by atoms with Gasteiger partial charge >= 0.3 is 0 Å². The van der Waals surface area contributed by atoms with Crippen molar-refractivity contribution in [3.05, 3.63) is 205 Å². The largest absolute Gasteiger partial charge is 0.355 e. The number of nitrogens with one attached hydrogen (secondary N) is 1. The smallest absolute Gasteiger partial charge is 0.107 e. The van der Waals surface area contributed by atoms with Crippen LogP contribution in [0.5, 0.6) is 0 Å². The molecule has 0 aliphatic carbocycles. The van der Waals surface area contributed by atoms with Crippen molar-refractivity contribution in [1.82, 2.24) is 14.8 Å². The molecule has 0 radical (unpaired) electrons. The second-order valence-electron chi connectivity index (χ2n) is 14.6. The number of hydrogen-bond donors (Lipinski definition) is 1. The van der Waals surface area contributed by atoms with Gasteiger partial charge in [0.2, 0.25) is 0 Å². The molecular formula is C51H37N3. The molecule has 1 aliphatic rings. The highest BCUT2D eigenvalue weighted by Gasteiger charge is 2.31. The molecule has 2 unspecified atom stereocenters. The summed E-state index contributed by atoms with van der Waals surface area (Å²) >= 11 is 0. The zero-order chi connectivity index (χ0) is 35.8. The Morgan fingerprint density at radius 1 is 0.481 bits per heavy atom. The number of hydrogen-bond acceptors (Lipinski definition) is 2. The van der Waals surface area contributed by atoms with Gasteiger partial charge in [-0.25, -0.2) is 0 Å². The first kappa shape index (κ1) is 30.9. The Bertz CT molecular complexity index is 3100. The standard InChI is InChI=1S/C51H37N3/c1-53-47(36-29-28-33-16-8-9-19-35(33)30-36)32-45(34-17-4-2-5-18-34)52-51(53)44-31-43-39-23-11-13-25-41(39)50-49(48(43)40-24-12-10-22-38(40)44)42-26-14-15-27-46(42)54(50)37-20-6-3-7-21-37/h2-32,45,51-52H,1H3. The maximum absolute atomic E-state index is 4.12. The van der Waals surface area contributed by atoms with Crippen molar-refractivity contribution in [2.24, 2.45) is 0 Å². The second-order valence-corrected chi connectivity index (χ2v) is 14.6. The van der Waals surface area contributed by atoms with Crippen LogP contribution in [0.15, 0.2) is 188 Å². The van der Waals surface area contributed by atoms with Gasteiger partial charge in [0.1, 0.15) is 6.17 Å². The third-order valence-corrected chi connectivity index (χ3v) is 11.6. The van der Waals surface area contributed by atoms with Crippen LogP contribution in [0.3, 0.4) is 0 Å². The van der Waals surface area contributed by atoms with Crippen molar-refractivity contribution in [2.75, 3.05) is 7.05 Å². The van der Waals surface area contributed by atoms with Crippen molar-refractivity contribution >= 4 is 70.6 Å². The highest BCUT2D eigenvalue weighted by Crippen LogP contribution is 2.47. The van der Waals surface area contributed by atoms with Crippen LogP contribution in [0, 0.1) is 0 Å². The van der Waals surface area contributed by atoms with E-state index >= 15 is 0 Å². The summed E-state index contributed by atoms with van der Waals surface area (Å²) in [7, 11) is 2.24. The summed E-state index contributed by atoms with van der Waals surface area (Å²) in [6.45, 7) is 0. The average Bonchev–Trinajstić information content (AvgIpc) is 3.59. The highest BCUT2D eigenvalue weighted by atomic mass is 15.3.